The van der Waals surface area contributed by atoms with Gasteiger partial charge in [0.05, 0.1) is 0 Å². The van der Waals surface area contributed by atoms with Gasteiger partial charge in [0.25, 0.3) is 11.8 Å². The van der Waals surface area contributed by atoms with Crippen molar-refractivity contribution in [3.05, 3.63) is 59.4 Å². The topological polar surface area (TPSA) is 71.1 Å². The third-order valence-corrected chi connectivity index (χ3v) is 3.68. The van der Waals surface area contributed by atoms with Crippen LogP contribution in [0.15, 0.2) is 42.6 Å². The molecule has 5 nitrogen and oxygen atoms in total. The molecule has 25 heavy (non-hydrogen) atoms. The molecule has 0 saturated heterocycles. The Kier molecular flexibility index (Phi) is 5.57. The van der Waals surface area contributed by atoms with Crippen molar-refractivity contribution in [2.24, 2.45) is 0 Å². The summed E-state index contributed by atoms with van der Waals surface area (Å²) in [6.07, 6.45) is 1.47. The number of nitrogens with one attached hydrogen (secondary N) is 2. The summed E-state index contributed by atoms with van der Waals surface area (Å²) in [5, 5.41) is 5.61. The van der Waals surface area contributed by atoms with Crippen LogP contribution in [0.2, 0.25) is 0 Å². The lowest BCUT2D eigenvalue weighted by molar-refractivity contribution is 0.0938. The zero-order chi connectivity index (χ0) is 18.6. The Morgan fingerprint density at radius 3 is 2.20 bits per heavy atom. The summed E-state index contributed by atoms with van der Waals surface area (Å²) in [4.78, 5) is 28.5. The average molecular weight is 339 g/mol. The highest BCUT2D eigenvalue weighted by Gasteiger charge is 2.15. The van der Waals surface area contributed by atoms with Crippen LogP contribution in [0.3, 0.4) is 0 Å². The molecule has 0 fully saturated rings. The van der Waals surface area contributed by atoms with Gasteiger partial charge in [0.2, 0.25) is 0 Å². The van der Waals surface area contributed by atoms with Crippen LogP contribution in [0.5, 0.6) is 0 Å². The number of anilines is 1. The molecule has 0 atom stereocenters. The van der Waals surface area contributed by atoms with Gasteiger partial charge in [-0.15, -0.1) is 0 Å². The van der Waals surface area contributed by atoms with Crippen molar-refractivity contribution in [3.8, 4) is 0 Å². The van der Waals surface area contributed by atoms with Gasteiger partial charge < -0.3 is 10.6 Å². The van der Waals surface area contributed by atoms with Gasteiger partial charge in [-0.25, -0.2) is 0 Å². The Hall–Kier alpha value is -2.69. The van der Waals surface area contributed by atoms with Crippen molar-refractivity contribution in [2.45, 2.75) is 46.1 Å². The fourth-order valence-electron chi connectivity index (χ4n) is 2.29. The second kappa shape index (κ2) is 7.47. The number of benzene rings is 1. The quantitative estimate of drug-likeness (QED) is 0.891. The van der Waals surface area contributed by atoms with Crippen molar-refractivity contribution in [1.29, 1.82) is 0 Å². The van der Waals surface area contributed by atoms with Crippen LogP contribution >= 0.6 is 0 Å². The minimum absolute atomic E-state index is 0.00751. The standard InChI is InChI=1S/C20H25N3O2/c1-13(2)22-19(25)17-12-14(10-11-21-17)18(24)23-16-8-6-15(7-9-16)20(3,4)5/h6-13H,1-5H3,(H,22,25)(H,23,24). The molecule has 0 radical (unpaired) electrons. The first-order chi connectivity index (χ1) is 11.7. The highest BCUT2D eigenvalue weighted by atomic mass is 16.2. The summed E-state index contributed by atoms with van der Waals surface area (Å²) in [7, 11) is 0. The van der Waals surface area contributed by atoms with Gasteiger partial charge >= 0.3 is 0 Å². The van der Waals surface area contributed by atoms with E-state index in [0.717, 1.165) is 0 Å². The maximum Gasteiger partial charge on any atom is 0.270 e. The Balaban J connectivity index is 2.12. The van der Waals surface area contributed by atoms with E-state index in [-0.39, 0.29) is 29.0 Å². The van der Waals surface area contributed by atoms with Gasteiger partial charge in [0.1, 0.15) is 5.69 Å². The molecular formula is C20H25N3O2. The molecule has 5 heteroatoms. The van der Waals surface area contributed by atoms with Crippen molar-refractivity contribution in [3.63, 3.8) is 0 Å². The van der Waals surface area contributed by atoms with Gasteiger partial charge in [-0.3, -0.25) is 14.6 Å². The van der Waals surface area contributed by atoms with Crippen molar-refractivity contribution >= 4 is 17.5 Å². The van der Waals surface area contributed by atoms with Crippen molar-refractivity contribution in [1.82, 2.24) is 10.3 Å². The molecule has 2 amide bonds. The van der Waals surface area contributed by atoms with E-state index in [1.807, 2.05) is 38.1 Å². The highest BCUT2D eigenvalue weighted by Crippen LogP contribution is 2.23. The minimum atomic E-state index is -0.292. The molecule has 0 bridgehead atoms. The molecule has 132 valence electrons. The van der Waals surface area contributed by atoms with Gasteiger partial charge in [0, 0.05) is 23.5 Å². The van der Waals surface area contributed by atoms with E-state index in [9.17, 15) is 9.59 Å². The average Bonchev–Trinajstić information content (AvgIpc) is 2.54. The number of hydrogen-bond acceptors (Lipinski definition) is 3. The zero-order valence-electron chi connectivity index (χ0n) is 15.4. The Bertz CT molecular complexity index is 759. The van der Waals surface area contributed by atoms with Crippen LogP contribution in [0, 0.1) is 0 Å². The molecule has 0 unspecified atom stereocenters. The number of amides is 2. The SMILES string of the molecule is CC(C)NC(=O)c1cc(C(=O)Nc2ccc(C(C)(C)C)cc2)ccn1. The van der Waals surface area contributed by atoms with Crippen LogP contribution in [0.4, 0.5) is 5.69 Å². The molecule has 2 aromatic rings. The Morgan fingerprint density at radius 2 is 1.64 bits per heavy atom. The summed E-state index contributed by atoms with van der Waals surface area (Å²) in [5.74, 6) is -0.566. The van der Waals surface area contributed by atoms with Gasteiger partial charge in [-0.2, -0.15) is 0 Å². The Labute approximate surface area is 148 Å². The van der Waals surface area contributed by atoms with Gasteiger partial charge in [0.15, 0.2) is 0 Å². The number of pyridine rings is 1. The summed E-state index contributed by atoms with van der Waals surface area (Å²) >= 11 is 0. The number of aromatic nitrogens is 1. The first-order valence-electron chi connectivity index (χ1n) is 8.35. The van der Waals surface area contributed by atoms with Crippen molar-refractivity contribution < 1.29 is 9.59 Å². The van der Waals surface area contributed by atoms with Crippen LogP contribution in [-0.2, 0) is 5.41 Å². The van der Waals surface area contributed by atoms with Crippen molar-refractivity contribution in [2.75, 3.05) is 5.32 Å². The Morgan fingerprint density at radius 1 is 1.00 bits per heavy atom. The molecule has 0 aliphatic carbocycles. The summed E-state index contributed by atoms with van der Waals surface area (Å²) in [6.45, 7) is 10.2. The molecule has 0 saturated carbocycles. The molecule has 1 heterocycles. The summed E-state index contributed by atoms with van der Waals surface area (Å²) < 4.78 is 0. The second-order valence-corrected chi connectivity index (χ2v) is 7.34. The molecule has 1 aromatic carbocycles. The van der Waals surface area contributed by atoms with E-state index in [0.29, 0.717) is 11.3 Å². The van der Waals surface area contributed by atoms with Gasteiger partial charge in [-0.1, -0.05) is 32.9 Å². The maximum atomic E-state index is 12.4. The lowest BCUT2D eigenvalue weighted by atomic mass is 9.87. The van der Waals surface area contributed by atoms with Crippen LogP contribution in [0.25, 0.3) is 0 Å². The first kappa shape index (κ1) is 18.6. The summed E-state index contributed by atoms with van der Waals surface area (Å²) in [6, 6.07) is 10.9. The number of carbonyl (C=O) groups excluding carboxylic acids is 2. The van der Waals surface area contributed by atoms with E-state index in [2.05, 4.69) is 36.4 Å². The van der Waals surface area contributed by atoms with E-state index in [1.165, 1.54) is 17.8 Å². The molecule has 0 aliphatic heterocycles. The number of hydrogen-bond donors (Lipinski definition) is 2. The normalized spacial score (nSPS) is 11.3. The predicted molar refractivity (Wildman–Crippen MR) is 99.9 cm³/mol. The van der Waals surface area contributed by atoms with E-state index in [4.69, 9.17) is 0 Å². The van der Waals surface area contributed by atoms with Crippen LogP contribution in [-0.4, -0.2) is 22.8 Å². The fraction of sp³-hybridized carbons (Fsp3) is 0.350. The lowest BCUT2D eigenvalue weighted by Gasteiger charge is -2.19. The maximum absolute atomic E-state index is 12.4. The monoisotopic (exact) mass is 339 g/mol. The fourth-order valence-corrected chi connectivity index (χ4v) is 2.29. The highest BCUT2D eigenvalue weighted by molar-refractivity contribution is 6.05. The molecular weight excluding hydrogens is 314 g/mol. The van der Waals surface area contributed by atoms with E-state index < -0.39 is 0 Å². The minimum Gasteiger partial charge on any atom is -0.349 e. The molecule has 0 aliphatic rings. The van der Waals surface area contributed by atoms with E-state index in [1.54, 1.807) is 6.07 Å². The number of carbonyl (C=O) groups is 2. The summed E-state index contributed by atoms with van der Waals surface area (Å²) in [5.41, 5.74) is 2.59. The van der Waals surface area contributed by atoms with Gasteiger partial charge in [-0.05, 0) is 49.1 Å². The third kappa shape index (κ3) is 5.14. The van der Waals surface area contributed by atoms with Crippen LogP contribution < -0.4 is 10.6 Å². The van der Waals surface area contributed by atoms with E-state index >= 15 is 0 Å². The van der Waals surface area contributed by atoms with Crippen LogP contribution in [0.1, 0.15) is 61.0 Å². The predicted octanol–water partition coefficient (Wildman–Crippen LogP) is 3.77. The first-order valence-corrected chi connectivity index (χ1v) is 8.35. The largest absolute Gasteiger partial charge is 0.349 e. The number of nitrogens with zero attached hydrogens (tertiary/aromatic N) is 1. The molecule has 0 spiro atoms. The lowest BCUT2D eigenvalue weighted by Crippen LogP contribution is -2.31. The molecule has 2 N–H and O–H groups in total. The zero-order valence-corrected chi connectivity index (χ0v) is 15.4. The number of rotatable bonds is 4. The third-order valence-electron chi connectivity index (χ3n) is 3.68. The molecule has 1 aromatic heterocycles. The molecule has 2 rings (SSSR count). The smallest absolute Gasteiger partial charge is 0.270 e. The second-order valence-electron chi connectivity index (χ2n) is 7.34.